The predicted octanol–water partition coefficient (Wildman–Crippen LogP) is 4.05. The van der Waals surface area contributed by atoms with Gasteiger partial charge in [-0.05, 0) is 48.8 Å². The number of hydrogen-bond acceptors (Lipinski definition) is 1. The van der Waals surface area contributed by atoms with E-state index in [-0.39, 0.29) is 5.83 Å². The summed E-state index contributed by atoms with van der Waals surface area (Å²) in [4.78, 5) is 2.34. The van der Waals surface area contributed by atoms with Crippen molar-refractivity contribution in [3.05, 3.63) is 35.8 Å². The molecule has 2 unspecified atom stereocenters. The summed E-state index contributed by atoms with van der Waals surface area (Å²) < 4.78 is 13.0. The van der Waals surface area contributed by atoms with Crippen LogP contribution in [0.1, 0.15) is 33.1 Å². The number of likely N-dealkylation sites (tertiary alicyclic amines) is 1. The molecule has 0 spiro atoms. The molecule has 1 heterocycles. The van der Waals surface area contributed by atoms with Crippen LogP contribution >= 0.6 is 0 Å². The second kappa shape index (κ2) is 5.07. The number of nitrogens with zero attached hydrogens (tertiary/aromatic N) is 1. The molecule has 0 saturated carbocycles. The van der Waals surface area contributed by atoms with Crippen LogP contribution in [0.5, 0.6) is 0 Å². The molecule has 0 bridgehead atoms. The van der Waals surface area contributed by atoms with Crippen LogP contribution in [-0.4, -0.2) is 18.0 Å². The minimum absolute atomic E-state index is 0.114. The van der Waals surface area contributed by atoms with Gasteiger partial charge in [-0.2, -0.15) is 0 Å². The third-order valence-corrected chi connectivity index (χ3v) is 3.81. The van der Waals surface area contributed by atoms with E-state index in [9.17, 15) is 4.39 Å². The van der Waals surface area contributed by atoms with Crippen molar-refractivity contribution in [2.45, 2.75) is 33.1 Å². The summed E-state index contributed by atoms with van der Waals surface area (Å²) in [6, 6.07) is 0. The van der Waals surface area contributed by atoms with Gasteiger partial charge in [0, 0.05) is 18.8 Å². The quantitative estimate of drug-likeness (QED) is 0.698. The topological polar surface area (TPSA) is 3.24 Å². The fraction of sp³-hybridized carbons (Fsp3) is 0.600. The van der Waals surface area contributed by atoms with Gasteiger partial charge >= 0.3 is 0 Å². The lowest BCUT2D eigenvalue weighted by Gasteiger charge is -2.27. The van der Waals surface area contributed by atoms with E-state index in [1.165, 1.54) is 12.8 Å². The zero-order chi connectivity index (χ0) is 12.4. The maximum absolute atomic E-state index is 13.0. The second-order valence-corrected chi connectivity index (χ2v) is 5.59. The lowest BCUT2D eigenvalue weighted by molar-refractivity contribution is 0.324. The maximum atomic E-state index is 13.0. The van der Waals surface area contributed by atoms with Crippen LogP contribution in [0.3, 0.4) is 0 Å². The summed E-state index contributed by atoms with van der Waals surface area (Å²) in [6.45, 7) is 10.9. The first kappa shape index (κ1) is 12.4. The average Bonchev–Trinajstić information content (AvgIpc) is 2.62. The summed E-state index contributed by atoms with van der Waals surface area (Å²) in [5.41, 5.74) is 2.07. The van der Waals surface area contributed by atoms with E-state index >= 15 is 0 Å². The number of hydrogen-bond donors (Lipinski definition) is 0. The van der Waals surface area contributed by atoms with Crippen LogP contribution < -0.4 is 0 Å². The van der Waals surface area contributed by atoms with Crippen molar-refractivity contribution >= 4 is 0 Å². The Bertz CT molecular complexity index is 367. The monoisotopic (exact) mass is 235 g/mol. The molecule has 1 nitrogen and oxygen atoms in total. The number of rotatable bonds is 2. The summed E-state index contributed by atoms with van der Waals surface area (Å²) in [5, 5.41) is 0. The first-order chi connectivity index (χ1) is 8.06. The van der Waals surface area contributed by atoms with Gasteiger partial charge in [0.25, 0.3) is 0 Å². The van der Waals surface area contributed by atoms with Crippen molar-refractivity contribution in [2.75, 3.05) is 13.1 Å². The third kappa shape index (κ3) is 2.99. The van der Waals surface area contributed by atoms with E-state index in [2.05, 4.69) is 25.3 Å². The Morgan fingerprint density at radius 2 is 2.18 bits per heavy atom. The molecule has 0 N–H and O–H groups in total. The molecule has 1 saturated heterocycles. The summed E-state index contributed by atoms with van der Waals surface area (Å²) in [5.74, 6) is 1.37. The molecule has 0 aromatic carbocycles. The van der Waals surface area contributed by atoms with E-state index in [1.807, 2.05) is 0 Å². The van der Waals surface area contributed by atoms with Crippen LogP contribution in [0.25, 0.3) is 0 Å². The van der Waals surface area contributed by atoms with Gasteiger partial charge in [-0.1, -0.05) is 20.4 Å². The molecule has 0 radical (unpaired) electrons. The molecule has 2 heteroatoms. The normalized spacial score (nSPS) is 29.7. The molecular formula is C15H22FN. The molecule has 1 aliphatic heterocycles. The Morgan fingerprint density at radius 3 is 2.82 bits per heavy atom. The number of allylic oxidation sites excluding steroid dienone is 4. The lowest BCUT2D eigenvalue weighted by atomic mass is 9.97. The second-order valence-electron chi connectivity index (χ2n) is 5.59. The SMILES string of the molecule is C=C(C1=CC(F)=CC1)N1CCC(C)CC(C)C1. The van der Waals surface area contributed by atoms with Crippen LogP contribution in [0.2, 0.25) is 0 Å². The molecule has 2 atom stereocenters. The Hall–Kier alpha value is -1.05. The van der Waals surface area contributed by atoms with Crippen LogP contribution in [0, 0.1) is 11.8 Å². The van der Waals surface area contributed by atoms with E-state index < -0.39 is 0 Å². The molecule has 2 aliphatic rings. The minimum Gasteiger partial charge on any atom is -0.372 e. The van der Waals surface area contributed by atoms with Crippen LogP contribution in [0.15, 0.2) is 35.8 Å². The zero-order valence-electron chi connectivity index (χ0n) is 10.9. The van der Waals surface area contributed by atoms with Crippen molar-refractivity contribution in [1.29, 1.82) is 0 Å². The van der Waals surface area contributed by atoms with Crippen molar-refractivity contribution in [3.8, 4) is 0 Å². The van der Waals surface area contributed by atoms with E-state index in [0.717, 1.165) is 30.3 Å². The highest BCUT2D eigenvalue weighted by Gasteiger charge is 2.22. The minimum atomic E-state index is -0.114. The zero-order valence-corrected chi connectivity index (χ0v) is 10.9. The first-order valence-electron chi connectivity index (χ1n) is 6.56. The van der Waals surface area contributed by atoms with Crippen molar-refractivity contribution in [2.24, 2.45) is 11.8 Å². The predicted molar refractivity (Wildman–Crippen MR) is 70.2 cm³/mol. The van der Waals surface area contributed by atoms with Gasteiger partial charge in [0.15, 0.2) is 0 Å². The Kier molecular flexibility index (Phi) is 3.70. The van der Waals surface area contributed by atoms with E-state index in [1.54, 1.807) is 12.2 Å². The molecule has 0 aromatic heterocycles. The maximum Gasteiger partial charge on any atom is 0.119 e. The fourth-order valence-corrected chi connectivity index (χ4v) is 2.86. The van der Waals surface area contributed by atoms with Gasteiger partial charge < -0.3 is 4.90 Å². The van der Waals surface area contributed by atoms with Crippen LogP contribution in [-0.2, 0) is 0 Å². The lowest BCUT2D eigenvalue weighted by Crippen LogP contribution is -2.27. The highest BCUT2D eigenvalue weighted by atomic mass is 19.1. The first-order valence-corrected chi connectivity index (χ1v) is 6.56. The molecule has 94 valence electrons. The molecule has 1 fully saturated rings. The molecular weight excluding hydrogens is 213 g/mol. The molecule has 2 rings (SSSR count). The van der Waals surface area contributed by atoms with Gasteiger partial charge in [0.2, 0.25) is 0 Å². The van der Waals surface area contributed by atoms with Crippen molar-refractivity contribution in [1.82, 2.24) is 4.90 Å². The van der Waals surface area contributed by atoms with Gasteiger partial charge in [0.05, 0.1) is 0 Å². The summed E-state index contributed by atoms with van der Waals surface area (Å²) in [6.07, 6.45) is 6.46. The van der Waals surface area contributed by atoms with Crippen LogP contribution in [0.4, 0.5) is 4.39 Å². The van der Waals surface area contributed by atoms with Crippen molar-refractivity contribution in [3.63, 3.8) is 0 Å². The highest BCUT2D eigenvalue weighted by molar-refractivity contribution is 5.39. The summed E-state index contributed by atoms with van der Waals surface area (Å²) in [7, 11) is 0. The van der Waals surface area contributed by atoms with Gasteiger partial charge in [-0.25, -0.2) is 4.39 Å². The van der Waals surface area contributed by atoms with Gasteiger partial charge in [-0.15, -0.1) is 0 Å². The third-order valence-electron chi connectivity index (χ3n) is 3.81. The smallest absolute Gasteiger partial charge is 0.119 e. The molecule has 1 aliphatic carbocycles. The fourth-order valence-electron chi connectivity index (χ4n) is 2.86. The Morgan fingerprint density at radius 1 is 1.41 bits per heavy atom. The Balaban J connectivity index is 2.02. The molecule has 0 aromatic rings. The average molecular weight is 235 g/mol. The van der Waals surface area contributed by atoms with E-state index in [0.29, 0.717) is 12.3 Å². The molecule has 17 heavy (non-hydrogen) atoms. The standard InChI is InChI=1S/C15H22FN/c1-11-6-7-17(10-12(2)8-11)13(3)14-4-5-15(16)9-14/h5,9,11-12H,3-4,6-8,10H2,1-2H3. The van der Waals surface area contributed by atoms with Gasteiger partial charge in [-0.3, -0.25) is 0 Å². The van der Waals surface area contributed by atoms with E-state index in [4.69, 9.17) is 0 Å². The van der Waals surface area contributed by atoms with Crippen molar-refractivity contribution < 1.29 is 4.39 Å². The largest absolute Gasteiger partial charge is 0.372 e. The molecule has 0 amide bonds. The number of halogens is 1. The Labute approximate surface area is 104 Å². The van der Waals surface area contributed by atoms with Gasteiger partial charge in [0.1, 0.15) is 5.83 Å². The highest BCUT2D eigenvalue weighted by Crippen LogP contribution is 2.30. The summed E-state index contributed by atoms with van der Waals surface area (Å²) >= 11 is 0.